The molecule has 0 atom stereocenters. The van der Waals surface area contributed by atoms with Crippen molar-refractivity contribution in [2.24, 2.45) is 5.73 Å². The second kappa shape index (κ2) is 8.04. The molecule has 6 heteroatoms. The van der Waals surface area contributed by atoms with Crippen LogP contribution in [-0.2, 0) is 9.47 Å². The quantitative estimate of drug-likeness (QED) is 0.735. The van der Waals surface area contributed by atoms with Gasteiger partial charge in [-0.3, -0.25) is 0 Å². The predicted molar refractivity (Wildman–Crippen MR) is 78.3 cm³/mol. The number of thiocarbonyl (C=S) groups is 1. The monoisotopic (exact) mass is 286 g/mol. The summed E-state index contributed by atoms with van der Waals surface area (Å²) in [6.45, 7) is 2.43. The van der Waals surface area contributed by atoms with Crippen LogP contribution in [0.4, 0.5) is 10.1 Å². The van der Waals surface area contributed by atoms with Crippen LogP contribution in [0.25, 0.3) is 0 Å². The van der Waals surface area contributed by atoms with Gasteiger partial charge in [-0.05, 0) is 18.2 Å². The Balaban J connectivity index is 2.88. The molecular formula is C13H19FN2O2S. The van der Waals surface area contributed by atoms with Crippen LogP contribution in [0.3, 0.4) is 0 Å². The number of rotatable bonds is 8. The van der Waals surface area contributed by atoms with Gasteiger partial charge in [-0.15, -0.1) is 0 Å². The first kappa shape index (κ1) is 15.8. The maximum absolute atomic E-state index is 13.8. The highest BCUT2D eigenvalue weighted by atomic mass is 32.1. The molecule has 19 heavy (non-hydrogen) atoms. The van der Waals surface area contributed by atoms with Crippen LogP contribution in [0.2, 0.25) is 0 Å². The summed E-state index contributed by atoms with van der Waals surface area (Å²) in [5.74, 6) is -0.412. The highest BCUT2D eigenvalue weighted by molar-refractivity contribution is 7.80. The van der Waals surface area contributed by atoms with Gasteiger partial charge < -0.3 is 20.1 Å². The molecule has 4 nitrogen and oxygen atoms in total. The zero-order valence-electron chi connectivity index (χ0n) is 11.2. The molecule has 0 heterocycles. The van der Waals surface area contributed by atoms with Gasteiger partial charge in [0.05, 0.1) is 13.2 Å². The van der Waals surface area contributed by atoms with E-state index in [0.717, 1.165) is 5.69 Å². The number of nitrogens with two attached hydrogens (primary N) is 1. The summed E-state index contributed by atoms with van der Waals surface area (Å²) in [5, 5.41) is 0. The Morgan fingerprint density at radius 3 is 2.26 bits per heavy atom. The molecule has 0 aromatic heterocycles. The second-order valence-corrected chi connectivity index (χ2v) is 4.44. The molecule has 1 aromatic carbocycles. The van der Waals surface area contributed by atoms with E-state index in [4.69, 9.17) is 27.4 Å². The van der Waals surface area contributed by atoms with Crippen molar-refractivity contribution in [3.8, 4) is 0 Å². The topological polar surface area (TPSA) is 47.7 Å². The van der Waals surface area contributed by atoms with Gasteiger partial charge in [-0.25, -0.2) is 4.39 Å². The first-order chi connectivity index (χ1) is 9.10. The van der Waals surface area contributed by atoms with E-state index in [1.54, 1.807) is 26.4 Å². The molecule has 0 bridgehead atoms. The lowest BCUT2D eigenvalue weighted by atomic mass is 10.1. The number of methoxy groups -OCH3 is 2. The third-order valence-corrected chi connectivity index (χ3v) is 2.93. The lowest BCUT2D eigenvalue weighted by molar-refractivity contribution is 0.190. The van der Waals surface area contributed by atoms with E-state index in [1.807, 2.05) is 4.90 Å². The third kappa shape index (κ3) is 4.74. The molecule has 0 amide bonds. The van der Waals surface area contributed by atoms with Crippen molar-refractivity contribution in [1.82, 2.24) is 0 Å². The van der Waals surface area contributed by atoms with E-state index in [1.165, 1.54) is 6.07 Å². The Morgan fingerprint density at radius 1 is 1.26 bits per heavy atom. The van der Waals surface area contributed by atoms with Gasteiger partial charge in [0.1, 0.15) is 10.8 Å². The number of benzene rings is 1. The molecule has 0 saturated carbocycles. The van der Waals surface area contributed by atoms with Gasteiger partial charge in [0.15, 0.2) is 0 Å². The minimum Gasteiger partial charge on any atom is -0.389 e. The van der Waals surface area contributed by atoms with Crippen molar-refractivity contribution in [2.45, 2.75) is 0 Å². The number of halogens is 1. The van der Waals surface area contributed by atoms with Crippen LogP contribution in [0, 0.1) is 5.82 Å². The van der Waals surface area contributed by atoms with Gasteiger partial charge in [-0.2, -0.15) is 0 Å². The minimum absolute atomic E-state index is 0.0596. The molecule has 2 N–H and O–H groups in total. The molecule has 1 rings (SSSR count). The second-order valence-electron chi connectivity index (χ2n) is 4.00. The number of hydrogen-bond acceptors (Lipinski definition) is 4. The van der Waals surface area contributed by atoms with Crippen molar-refractivity contribution >= 4 is 22.9 Å². The third-order valence-electron chi connectivity index (χ3n) is 2.71. The number of anilines is 1. The van der Waals surface area contributed by atoms with E-state index in [-0.39, 0.29) is 10.6 Å². The van der Waals surface area contributed by atoms with Gasteiger partial charge >= 0.3 is 0 Å². The lowest BCUT2D eigenvalue weighted by Gasteiger charge is -2.24. The van der Waals surface area contributed by atoms with Gasteiger partial charge in [-0.1, -0.05) is 12.2 Å². The fourth-order valence-electron chi connectivity index (χ4n) is 1.67. The molecule has 0 unspecified atom stereocenters. The van der Waals surface area contributed by atoms with E-state index < -0.39 is 5.82 Å². The maximum Gasteiger partial charge on any atom is 0.135 e. The molecule has 0 fully saturated rings. The Bertz CT molecular complexity index is 421. The molecule has 1 aromatic rings. The van der Waals surface area contributed by atoms with Crippen LogP contribution in [0.5, 0.6) is 0 Å². The first-order valence-corrected chi connectivity index (χ1v) is 6.33. The summed E-state index contributed by atoms with van der Waals surface area (Å²) < 4.78 is 23.9. The van der Waals surface area contributed by atoms with Crippen molar-refractivity contribution in [1.29, 1.82) is 0 Å². The Hall–Kier alpha value is -1.24. The zero-order chi connectivity index (χ0) is 14.3. The molecule has 0 aliphatic heterocycles. The zero-order valence-corrected chi connectivity index (χ0v) is 12.0. The Kier molecular flexibility index (Phi) is 6.69. The molecule has 0 spiro atoms. The fraction of sp³-hybridized carbons (Fsp3) is 0.462. The van der Waals surface area contributed by atoms with Crippen LogP contribution >= 0.6 is 12.2 Å². The first-order valence-electron chi connectivity index (χ1n) is 5.92. The minimum atomic E-state index is -0.412. The van der Waals surface area contributed by atoms with Crippen molar-refractivity contribution in [2.75, 3.05) is 45.4 Å². The highest BCUT2D eigenvalue weighted by Gasteiger charge is 2.11. The van der Waals surface area contributed by atoms with Gasteiger partial charge in [0.2, 0.25) is 0 Å². The molecule has 0 aliphatic carbocycles. The van der Waals surface area contributed by atoms with Gasteiger partial charge in [0.25, 0.3) is 0 Å². The lowest BCUT2D eigenvalue weighted by Crippen LogP contribution is -2.30. The Morgan fingerprint density at radius 2 is 1.84 bits per heavy atom. The normalized spacial score (nSPS) is 10.5. The van der Waals surface area contributed by atoms with E-state index >= 15 is 0 Å². The van der Waals surface area contributed by atoms with E-state index in [2.05, 4.69) is 0 Å². The summed E-state index contributed by atoms with van der Waals surface area (Å²) in [5.41, 5.74) is 6.46. The number of nitrogens with zero attached hydrogens (tertiary/aromatic N) is 1. The van der Waals surface area contributed by atoms with Crippen LogP contribution in [0.1, 0.15) is 5.56 Å². The average molecular weight is 286 g/mol. The summed E-state index contributed by atoms with van der Waals surface area (Å²) in [6, 6.07) is 4.82. The van der Waals surface area contributed by atoms with Crippen LogP contribution < -0.4 is 10.6 Å². The van der Waals surface area contributed by atoms with Crippen LogP contribution in [-0.4, -0.2) is 45.5 Å². The van der Waals surface area contributed by atoms with Crippen molar-refractivity contribution in [3.63, 3.8) is 0 Å². The standard InChI is InChI=1S/C13H19FN2O2S/c1-17-7-5-16(6-8-18-2)10-3-4-11(13(15)19)12(14)9-10/h3-4,9H,5-8H2,1-2H3,(H2,15,19). The molecule has 106 valence electrons. The summed E-state index contributed by atoms with van der Waals surface area (Å²) in [7, 11) is 3.26. The molecule has 0 aliphatic rings. The molecule has 0 radical (unpaired) electrons. The van der Waals surface area contributed by atoms with Crippen LogP contribution in [0.15, 0.2) is 18.2 Å². The van der Waals surface area contributed by atoms with E-state index in [9.17, 15) is 4.39 Å². The SMILES string of the molecule is COCCN(CCOC)c1ccc(C(N)=S)c(F)c1. The maximum atomic E-state index is 13.8. The largest absolute Gasteiger partial charge is 0.389 e. The molecular weight excluding hydrogens is 267 g/mol. The summed E-state index contributed by atoms with van der Waals surface area (Å²) in [6.07, 6.45) is 0. The van der Waals surface area contributed by atoms with Crippen molar-refractivity contribution in [3.05, 3.63) is 29.6 Å². The fourth-order valence-corrected chi connectivity index (χ4v) is 1.84. The van der Waals surface area contributed by atoms with E-state index in [0.29, 0.717) is 26.3 Å². The smallest absolute Gasteiger partial charge is 0.135 e. The highest BCUT2D eigenvalue weighted by Crippen LogP contribution is 2.18. The average Bonchev–Trinajstić information content (AvgIpc) is 2.38. The van der Waals surface area contributed by atoms with Crippen molar-refractivity contribution < 1.29 is 13.9 Å². The number of ether oxygens (including phenoxy) is 2. The summed E-state index contributed by atoms with van der Waals surface area (Å²) in [4.78, 5) is 2.05. The predicted octanol–water partition coefficient (Wildman–Crippen LogP) is 1.56. The number of hydrogen-bond donors (Lipinski definition) is 1. The summed E-state index contributed by atoms with van der Waals surface area (Å²) >= 11 is 4.78. The molecule has 0 saturated heterocycles. The van der Waals surface area contributed by atoms with Gasteiger partial charge in [0, 0.05) is 38.6 Å². The Labute approximate surface area is 118 Å².